The normalized spacial score (nSPS) is 11.6. The first-order chi connectivity index (χ1) is 13.4. The molecule has 1 atom stereocenters. The number of ether oxygens (including phenoxy) is 1. The molecule has 1 rings (SSSR count). The second-order valence-corrected chi connectivity index (χ2v) is 7.08. The number of unbranched alkanes of at least 4 members (excludes halogenated alkanes) is 2. The van der Waals surface area contributed by atoms with E-state index in [0.29, 0.717) is 17.2 Å². The molecule has 0 unspecified atom stereocenters. The number of carbonyl (C=O) groups is 3. The zero-order chi connectivity index (χ0) is 20.9. The summed E-state index contributed by atoms with van der Waals surface area (Å²) < 4.78 is 5.32. The maximum absolute atomic E-state index is 12.7. The third-order valence-electron chi connectivity index (χ3n) is 4.02. The minimum absolute atomic E-state index is 0.0893. The van der Waals surface area contributed by atoms with Crippen molar-refractivity contribution in [3.63, 3.8) is 0 Å². The SMILES string of the molecule is CCCCC[C@H](CN(O)C=O)C(=O)NN(CC(C)C)C(=O)Oc1ccccc1. The summed E-state index contributed by atoms with van der Waals surface area (Å²) in [7, 11) is 0. The first-order valence-corrected chi connectivity index (χ1v) is 9.63. The predicted octanol–water partition coefficient (Wildman–Crippen LogP) is 3.22. The summed E-state index contributed by atoms with van der Waals surface area (Å²) in [6.45, 7) is 5.99. The number of hydrogen-bond acceptors (Lipinski definition) is 5. The van der Waals surface area contributed by atoms with Gasteiger partial charge in [0.15, 0.2) is 0 Å². The van der Waals surface area contributed by atoms with Gasteiger partial charge >= 0.3 is 6.09 Å². The van der Waals surface area contributed by atoms with Crippen molar-refractivity contribution in [1.82, 2.24) is 15.5 Å². The van der Waals surface area contributed by atoms with Crippen molar-refractivity contribution in [2.75, 3.05) is 13.1 Å². The third kappa shape index (κ3) is 8.85. The van der Waals surface area contributed by atoms with Crippen molar-refractivity contribution in [3.05, 3.63) is 30.3 Å². The van der Waals surface area contributed by atoms with E-state index in [1.807, 2.05) is 20.8 Å². The van der Waals surface area contributed by atoms with E-state index in [2.05, 4.69) is 5.43 Å². The molecule has 1 aromatic carbocycles. The summed E-state index contributed by atoms with van der Waals surface area (Å²) in [6.07, 6.45) is 2.75. The molecular formula is C20H31N3O5. The number of nitrogens with zero attached hydrogens (tertiary/aromatic N) is 2. The van der Waals surface area contributed by atoms with Gasteiger partial charge < -0.3 is 4.74 Å². The molecule has 156 valence electrons. The Hall–Kier alpha value is -2.61. The van der Waals surface area contributed by atoms with Gasteiger partial charge in [0, 0.05) is 6.54 Å². The largest absolute Gasteiger partial charge is 0.434 e. The Morgan fingerprint density at radius 2 is 1.86 bits per heavy atom. The predicted molar refractivity (Wildman–Crippen MR) is 104 cm³/mol. The highest BCUT2D eigenvalue weighted by Crippen LogP contribution is 2.14. The Morgan fingerprint density at radius 3 is 2.43 bits per heavy atom. The third-order valence-corrected chi connectivity index (χ3v) is 4.02. The van der Waals surface area contributed by atoms with E-state index in [0.717, 1.165) is 24.3 Å². The average Bonchev–Trinajstić information content (AvgIpc) is 2.67. The molecule has 0 aliphatic heterocycles. The maximum atomic E-state index is 12.7. The van der Waals surface area contributed by atoms with Gasteiger partial charge in [0.05, 0.1) is 12.5 Å². The quantitative estimate of drug-likeness (QED) is 0.260. The molecule has 2 N–H and O–H groups in total. The van der Waals surface area contributed by atoms with Gasteiger partial charge in [-0.3, -0.25) is 20.2 Å². The number of carbonyl (C=O) groups excluding carboxylic acids is 3. The molecule has 3 amide bonds. The van der Waals surface area contributed by atoms with E-state index in [1.54, 1.807) is 30.3 Å². The lowest BCUT2D eigenvalue weighted by molar-refractivity contribution is -0.155. The average molecular weight is 393 g/mol. The Labute approximate surface area is 166 Å². The standard InChI is InChI=1S/C20H31N3O5/c1-4-5-7-10-17(14-22(27)15-24)19(25)21-23(13-16(2)3)20(26)28-18-11-8-6-9-12-18/h6,8-9,11-12,15-17,27H,4-5,7,10,13-14H2,1-3H3,(H,21,25)/t17-/m1/s1. The fraction of sp³-hybridized carbons (Fsp3) is 0.550. The van der Waals surface area contributed by atoms with Gasteiger partial charge in [-0.05, 0) is 24.5 Å². The molecular weight excluding hydrogens is 362 g/mol. The molecule has 8 nitrogen and oxygen atoms in total. The minimum atomic E-state index is -0.697. The Kier molecular flexibility index (Phi) is 10.6. The van der Waals surface area contributed by atoms with E-state index in [-0.39, 0.29) is 25.4 Å². The Balaban J connectivity index is 2.82. The number of nitrogens with one attached hydrogen (secondary N) is 1. The van der Waals surface area contributed by atoms with Gasteiger partial charge in [-0.25, -0.2) is 14.9 Å². The monoisotopic (exact) mass is 393 g/mol. The molecule has 0 spiro atoms. The van der Waals surface area contributed by atoms with Crippen LogP contribution in [0.5, 0.6) is 5.75 Å². The lowest BCUT2D eigenvalue weighted by Crippen LogP contribution is -2.52. The molecule has 0 aliphatic carbocycles. The zero-order valence-corrected chi connectivity index (χ0v) is 16.8. The van der Waals surface area contributed by atoms with Crippen LogP contribution in [0.15, 0.2) is 30.3 Å². The molecule has 0 saturated heterocycles. The summed E-state index contributed by atoms with van der Waals surface area (Å²) in [5, 5.41) is 11.1. The minimum Gasteiger partial charge on any atom is -0.409 e. The molecule has 28 heavy (non-hydrogen) atoms. The van der Waals surface area contributed by atoms with Crippen LogP contribution in [0.1, 0.15) is 46.5 Å². The maximum Gasteiger partial charge on any atom is 0.434 e. The topological polar surface area (TPSA) is 99.2 Å². The van der Waals surface area contributed by atoms with Crippen LogP contribution in [0, 0.1) is 11.8 Å². The first kappa shape index (κ1) is 23.4. The smallest absolute Gasteiger partial charge is 0.409 e. The van der Waals surface area contributed by atoms with Gasteiger partial charge in [0.1, 0.15) is 5.75 Å². The van der Waals surface area contributed by atoms with Gasteiger partial charge in [0.2, 0.25) is 12.3 Å². The van der Waals surface area contributed by atoms with Gasteiger partial charge in [-0.2, -0.15) is 0 Å². The summed E-state index contributed by atoms with van der Waals surface area (Å²) in [5.41, 5.74) is 2.59. The summed E-state index contributed by atoms with van der Waals surface area (Å²) in [4.78, 5) is 36.0. The lowest BCUT2D eigenvalue weighted by atomic mass is 10.0. The van der Waals surface area contributed by atoms with Crippen LogP contribution in [0.3, 0.4) is 0 Å². The van der Waals surface area contributed by atoms with E-state index in [4.69, 9.17) is 4.74 Å². The summed E-state index contributed by atoms with van der Waals surface area (Å²) >= 11 is 0. The second-order valence-electron chi connectivity index (χ2n) is 7.08. The number of hydrazine groups is 1. The molecule has 0 aliphatic rings. The van der Waals surface area contributed by atoms with Crippen LogP contribution in [-0.4, -0.2) is 46.8 Å². The fourth-order valence-corrected chi connectivity index (χ4v) is 2.61. The van der Waals surface area contributed by atoms with Crippen LogP contribution in [-0.2, 0) is 9.59 Å². The number of rotatable bonds is 11. The van der Waals surface area contributed by atoms with Crippen LogP contribution in [0.25, 0.3) is 0 Å². The van der Waals surface area contributed by atoms with Crippen molar-refractivity contribution in [3.8, 4) is 5.75 Å². The van der Waals surface area contributed by atoms with E-state index in [1.165, 1.54) is 0 Å². The van der Waals surface area contributed by atoms with E-state index in [9.17, 15) is 19.6 Å². The van der Waals surface area contributed by atoms with Crippen LogP contribution >= 0.6 is 0 Å². The molecule has 0 fully saturated rings. The van der Waals surface area contributed by atoms with Gasteiger partial charge in [-0.1, -0.05) is 58.2 Å². The van der Waals surface area contributed by atoms with Crippen molar-refractivity contribution in [2.45, 2.75) is 46.5 Å². The fourth-order valence-electron chi connectivity index (χ4n) is 2.61. The second kappa shape index (κ2) is 12.7. The summed E-state index contributed by atoms with van der Waals surface area (Å²) in [5.74, 6) is -0.618. The zero-order valence-electron chi connectivity index (χ0n) is 16.8. The van der Waals surface area contributed by atoms with Crippen molar-refractivity contribution in [2.24, 2.45) is 11.8 Å². The highest BCUT2D eigenvalue weighted by molar-refractivity contribution is 5.82. The Morgan fingerprint density at radius 1 is 1.18 bits per heavy atom. The van der Waals surface area contributed by atoms with E-state index < -0.39 is 17.9 Å². The number of hydroxylamine groups is 2. The molecule has 0 heterocycles. The number of benzene rings is 1. The lowest BCUT2D eigenvalue weighted by Gasteiger charge is -2.27. The van der Waals surface area contributed by atoms with Crippen LogP contribution in [0.4, 0.5) is 4.79 Å². The highest BCUT2D eigenvalue weighted by atomic mass is 16.6. The molecule has 0 bridgehead atoms. The van der Waals surface area contributed by atoms with Gasteiger partial charge in [0.25, 0.3) is 0 Å². The molecule has 8 heteroatoms. The van der Waals surface area contributed by atoms with Crippen molar-refractivity contribution >= 4 is 18.4 Å². The van der Waals surface area contributed by atoms with Crippen LogP contribution in [0.2, 0.25) is 0 Å². The number of para-hydroxylation sites is 1. The van der Waals surface area contributed by atoms with Crippen molar-refractivity contribution in [1.29, 1.82) is 0 Å². The first-order valence-electron chi connectivity index (χ1n) is 9.63. The van der Waals surface area contributed by atoms with Gasteiger partial charge in [-0.15, -0.1) is 0 Å². The van der Waals surface area contributed by atoms with E-state index >= 15 is 0 Å². The van der Waals surface area contributed by atoms with Crippen LogP contribution < -0.4 is 10.2 Å². The number of amides is 3. The number of hydrogen-bond donors (Lipinski definition) is 2. The highest BCUT2D eigenvalue weighted by Gasteiger charge is 2.26. The Bertz CT molecular complexity index is 609. The molecule has 0 saturated carbocycles. The van der Waals surface area contributed by atoms with Crippen molar-refractivity contribution < 1.29 is 24.3 Å². The molecule has 0 radical (unpaired) electrons. The molecule has 1 aromatic rings. The summed E-state index contributed by atoms with van der Waals surface area (Å²) in [6, 6.07) is 8.59. The molecule has 0 aromatic heterocycles.